The molecule has 5 aliphatic heterocycles. The van der Waals surface area contributed by atoms with E-state index in [1.807, 2.05) is 91.0 Å². The molecule has 5 heterocycles. The van der Waals surface area contributed by atoms with Crippen molar-refractivity contribution in [3.63, 3.8) is 0 Å². The summed E-state index contributed by atoms with van der Waals surface area (Å²) < 4.78 is 55.8. The Balaban J connectivity index is 0.848. The SMILES string of the molecule is OC[C@@H](O)[C@@H](O[C@H]1O[C@H](CO)[C@@H](O[C@H]2O[C@H](CO)[C@@H](O[C@H]3O[C@H](CO)[C@@H](O[C@H]4O[C@H](CO)[C@@H](O[C@H]5O[C@H](CO)[C@@H](O)[C@H](O)[C@H]5O)[C@H](O)[C@H]4O)[C@H](O)[C@H]3O)[C@H](O)[C@H]2O)[C@H](O)[C@H]1O)[C@H](O)[C@@H](O)CNCCSC(c1ccccc1)(c1ccccc1)c1ccccc1. The van der Waals surface area contributed by atoms with Crippen molar-refractivity contribution in [1.82, 2.24) is 5.32 Å². The van der Waals surface area contributed by atoms with E-state index in [1.54, 1.807) is 11.8 Å². The summed E-state index contributed by atoms with van der Waals surface area (Å²) in [5, 5.41) is 219. The topological polar surface area (TPSA) is 509 Å². The van der Waals surface area contributed by atoms with E-state index in [0.717, 1.165) is 16.7 Å². The Hall–Kier alpha value is -3.23. The highest BCUT2D eigenvalue weighted by molar-refractivity contribution is 8.00. The highest BCUT2D eigenvalue weighted by atomic mass is 32.2. The predicted molar refractivity (Wildman–Crippen MR) is 299 cm³/mol. The van der Waals surface area contributed by atoms with Crippen LogP contribution in [0.1, 0.15) is 16.7 Å². The second-order valence-corrected chi connectivity index (χ2v) is 23.5. The van der Waals surface area contributed by atoms with Crippen LogP contribution in [0, 0.1) is 0 Å². The van der Waals surface area contributed by atoms with Gasteiger partial charge in [-0.2, -0.15) is 0 Å². The van der Waals surface area contributed by atoms with Gasteiger partial charge in [-0.15, -0.1) is 11.8 Å². The molecule has 32 heteroatoms. The van der Waals surface area contributed by atoms with Gasteiger partial charge in [0.25, 0.3) is 0 Å². The van der Waals surface area contributed by atoms with Crippen LogP contribution in [0.5, 0.6) is 0 Å². The molecule has 3 aromatic rings. The van der Waals surface area contributed by atoms with Crippen molar-refractivity contribution in [1.29, 1.82) is 0 Å². The van der Waals surface area contributed by atoms with E-state index in [9.17, 15) is 102 Å². The highest BCUT2D eigenvalue weighted by Gasteiger charge is 2.57. The molecule has 8 rings (SSSR count). The van der Waals surface area contributed by atoms with Crippen LogP contribution in [0.15, 0.2) is 91.0 Å². The summed E-state index contributed by atoms with van der Waals surface area (Å²) in [4.78, 5) is 0. The molecule has 0 saturated carbocycles. The lowest BCUT2D eigenvalue weighted by atomic mass is 9.84. The molecule has 0 spiro atoms. The van der Waals surface area contributed by atoms with Crippen LogP contribution in [0.2, 0.25) is 0 Å². The normalized spacial score (nSPS) is 39.4. The van der Waals surface area contributed by atoms with E-state index >= 15 is 0 Å². The largest absolute Gasteiger partial charge is 0.394 e. The Morgan fingerprint density at radius 2 is 0.708 bits per heavy atom. The number of benzene rings is 3. The van der Waals surface area contributed by atoms with Crippen LogP contribution in [0.4, 0.5) is 0 Å². The van der Waals surface area contributed by atoms with Crippen LogP contribution in [-0.2, 0) is 52.1 Å². The maximum Gasteiger partial charge on any atom is 0.187 e. The van der Waals surface area contributed by atoms with Gasteiger partial charge in [-0.1, -0.05) is 91.0 Å². The third kappa shape index (κ3) is 15.8. The lowest BCUT2D eigenvalue weighted by Crippen LogP contribution is -2.68. The van der Waals surface area contributed by atoms with Gasteiger partial charge in [-0.25, -0.2) is 0 Å². The fourth-order valence-corrected chi connectivity index (χ4v) is 12.9. The summed E-state index contributed by atoms with van der Waals surface area (Å²) in [6.07, 6.45) is -55.8. The van der Waals surface area contributed by atoms with Crippen LogP contribution >= 0.6 is 11.8 Å². The first-order chi connectivity index (χ1) is 42.7. The van der Waals surface area contributed by atoms with Gasteiger partial charge in [0, 0.05) is 18.8 Å². The number of aliphatic hydroxyl groups is 20. The lowest BCUT2D eigenvalue weighted by Gasteiger charge is -2.49. The first-order valence-corrected chi connectivity index (χ1v) is 29.9. The Kier molecular flexibility index (Phi) is 26.4. The van der Waals surface area contributed by atoms with Crippen molar-refractivity contribution < 1.29 is 149 Å². The van der Waals surface area contributed by atoms with Gasteiger partial charge in [0.1, 0.15) is 140 Å². The molecule has 0 aliphatic carbocycles. The minimum absolute atomic E-state index is 0.268. The van der Waals surface area contributed by atoms with Crippen molar-refractivity contribution in [3.05, 3.63) is 108 Å². The number of rotatable bonds is 28. The fourth-order valence-electron chi connectivity index (χ4n) is 11.4. The first kappa shape index (κ1) is 71.6. The highest BCUT2D eigenvalue weighted by Crippen LogP contribution is 2.48. The minimum atomic E-state index is -2.20. The summed E-state index contributed by atoms with van der Waals surface area (Å²) in [6, 6.07) is 29.8. The summed E-state index contributed by atoms with van der Waals surface area (Å²) >= 11 is 1.63. The van der Waals surface area contributed by atoms with E-state index < -0.39 is 222 Å². The van der Waals surface area contributed by atoms with Gasteiger partial charge in [-0.3, -0.25) is 0 Å². The van der Waals surface area contributed by atoms with Gasteiger partial charge >= 0.3 is 0 Å². The molecule has 5 fully saturated rings. The molecule has 5 saturated heterocycles. The van der Waals surface area contributed by atoms with Crippen LogP contribution in [-0.4, -0.2) is 339 Å². The third-order valence-electron chi connectivity index (χ3n) is 16.4. The Labute approximate surface area is 513 Å². The summed E-state index contributed by atoms with van der Waals surface area (Å²) in [5.74, 6) is 0.482. The molecule has 0 aromatic heterocycles. The number of hydrogen-bond acceptors (Lipinski definition) is 32. The van der Waals surface area contributed by atoms with E-state index in [0.29, 0.717) is 12.3 Å². The number of ether oxygens (including phenoxy) is 10. The van der Waals surface area contributed by atoms with Crippen LogP contribution < -0.4 is 5.32 Å². The Morgan fingerprint density at radius 1 is 0.393 bits per heavy atom. The van der Waals surface area contributed by atoms with E-state index in [4.69, 9.17) is 47.4 Å². The summed E-state index contributed by atoms with van der Waals surface area (Å²) in [7, 11) is 0. The molecule has 29 atom stereocenters. The molecule has 502 valence electrons. The maximum absolute atomic E-state index is 11.4. The molecular formula is C57H83NO30S. The average molecular weight is 1290 g/mol. The van der Waals surface area contributed by atoms with Crippen molar-refractivity contribution >= 4 is 11.8 Å². The first-order valence-electron chi connectivity index (χ1n) is 28.9. The number of hydrogen-bond donors (Lipinski definition) is 21. The van der Waals surface area contributed by atoms with Crippen LogP contribution in [0.25, 0.3) is 0 Å². The zero-order valence-corrected chi connectivity index (χ0v) is 48.5. The second kappa shape index (κ2) is 32.8. The van der Waals surface area contributed by atoms with E-state index in [1.165, 1.54) is 0 Å². The molecule has 31 nitrogen and oxygen atoms in total. The average Bonchev–Trinajstić information content (AvgIpc) is 0.924. The fraction of sp³-hybridized carbons (Fsp3) is 0.684. The molecule has 0 radical (unpaired) electrons. The summed E-state index contributed by atoms with van der Waals surface area (Å²) in [5.41, 5.74) is 3.07. The molecule has 5 aliphatic rings. The number of thioether (sulfide) groups is 1. The number of nitrogens with one attached hydrogen (secondary N) is 1. The molecule has 0 unspecified atom stereocenters. The van der Waals surface area contributed by atoms with Gasteiger partial charge in [0.2, 0.25) is 0 Å². The molecule has 21 N–H and O–H groups in total. The zero-order chi connectivity index (χ0) is 64.4. The Bertz CT molecular complexity index is 2430. The van der Waals surface area contributed by atoms with Crippen molar-refractivity contribution in [2.45, 2.75) is 183 Å². The summed E-state index contributed by atoms with van der Waals surface area (Å²) in [6.45, 7) is -5.88. The predicted octanol–water partition coefficient (Wildman–Crippen LogP) is -9.14. The molecule has 3 aromatic carbocycles. The molecular weight excluding hydrogens is 1210 g/mol. The standard InChI is InChI=1S/C57H83NO30S/c59-19-29(66)47(35(67)28(65)18-58-16-17-89-57(25-10-4-1-5-11-25,26-12-6-2-7-13-26)27-14-8-3-9-15-27)84-53-43(75)38(70)49(31(21-61)80-53)86-55-45(77)40(72)51(33(23-63)82-55)88-56-46(78)41(73)50(34(24-64)83-56)87-54-44(76)39(71)48(32(22-62)81-54)85-52-42(74)37(69)36(68)30(20-60)79-52/h1-15,28-56,58-78H,16-24H2/t28-,29+,30+,31+,32+,33+,34+,35+,36+,37-,38+,39+,40+,41+,42+,43+,44+,45+,46+,47+,48+,49+,50+,51+,52+,53+,54+,55+,56+/m0/s1. The van der Waals surface area contributed by atoms with Gasteiger partial charge in [-0.05, 0) is 16.7 Å². The van der Waals surface area contributed by atoms with Gasteiger partial charge in [0.15, 0.2) is 31.5 Å². The van der Waals surface area contributed by atoms with Crippen molar-refractivity contribution in [2.75, 3.05) is 58.5 Å². The molecule has 89 heavy (non-hydrogen) atoms. The Morgan fingerprint density at radius 3 is 1.04 bits per heavy atom. The van der Waals surface area contributed by atoms with E-state index in [2.05, 4.69) is 5.32 Å². The van der Waals surface area contributed by atoms with Crippen molar-refractivity contribution in [3.8, 4) is 0 Å². The molecule has 0 amide bonds. The smallest absolute Gasteiger partial charge is 0.187 e. The van der Waals surface area contributed by atoms with E-state index in [-0.39, 0.29) is 6.54 Å². The lowest BCUT2D eigenvalue weighted by molar-refractivity contribution is -0.394. The minimum Gasteiger partial charge on any atom is -0.394 e. The van der Waals surface area contributed by atoms with Gasteiger partial charge < -0.3 is 155 Å². The van der Waals surface area contributed by atoms with Crippen LogP contribution in [0.3, 0.4) is 0 Å². The quantitative estimate of drug-likeness (QED) is 0.0237. The second-order valence-electron chi connectivity index (χ2n) is 22.2. The van der Waals surface area contributed by atoms with Gasteiger partial charge in [0.05, 0.1) is 50.5 Å². The molecule has 0 bridgehead atoms. The number of aliphatic hydroxyl groups excluding tert-OH is 20. The monoisotopic (exact) mass is 1290 g/mol. The maximum atomic E-state index is 11.4. The van der Waals surface area contributed by atoms with Crippen molar-refractivity contribution in [2.24, 2.45) is 0 Å². The zero-order valence-electron chi connectivity index (χ0n) is 47.7. The third-order valence-corrected chi connectivity index (χ3v) is 17.9.